The third kappa shape index (κ3) is 6.89. The average Bonchev–Trinajstić information content (AvgIpc) is 3.15. The second kappa shape index (κ2) is 10.3. The third-order valence-electron chi connectivity index (χ3n) is 4.95. The van der Waals surface area contributed by atoms with Gasteiger partial charge in [0.15, 0.2) is 5.96 Å². The van der Waals surface area contributed by atoms with E-state index in [1.54, 1.807) is 0 Å². The van der Waals surface area contributed by atoms with Gasteiger partial charge in [-0.3, -0.25) is 4.99 Å². The second-order valence-corrected chi connectivity index (χ2v) is 9.09. The Kier molecular flexibility index (Phi) is 8.38. The molecule has 5 nitrogen and oxygen atoms in total. The van der Waals surface area contributed by atoms with Crippen LogP contribution < -0.4 is 10.6 Å². The molecule has 0 spiro atoms. The first-order valence-corrected chi connectivity index (χ1v) is 10.8. The van der Waals surface area contributed by atoms with Crippen molar-refractivity contribution >= 4 is 17.3 Å². The number of piperazine rings is 1. The Labute approximate surface area is 163 Å². The smallest absolute Gasteiger partial charge is 0.191 e. The summed E-state index contributed by atoms with van der Waals surface area (Å²) in [7, 11) is 2.21. The van der Waals surface area contributed by atoms with Crippen LogP contribution in [0.25, 0.3) is 0 Å². The molecule has 0 bridgehead atoms. The van der Waals surface area contributed by atoms with Crippen molar-refractivity contribution < 1.29 is 0 Å². The Morgan fingerprint density at radius 2 is 2.00 bits per heavy atom. The van der Waals surface area contributed by atoms with Crippen molar-refractivity contribution in [2.45, 2.75) is 33.1 Å². The highest BCUT2D eigenvalue weighted by Crippen LogP contribution is 2.27. The summed E-state index contributed by atoms with van der Waals surface area (Å²) in [6, 6.07) is 4.33. The van der Waals surface area contributed by atoms with Crippen LogP contribution in [0.2, 0.25) is 0 Å². The fraction of sp³-hybridized carbons (Fsp3) is 0.750. The summed E-state index contributed by atoms with van der Waals surface area (Å²) >= 11 is 1.81. The second-order valence-electron chi connectivity index (χ2n) is 8.15. The summed E-state index contributed by atoms with van der Waals surface area (Å²) in [6.07, 6.45) is 0. The summed E-state index contributed by atoms with van der Waals surface area (Å²) in [6.45, 7) is 17.5. The molecule has 2 rings (SSSR count). The van der Waals surface area contributed by atoms with Gasteiger partial charge >= 0.3 is 0 Å². The summed E-state index contributed by atoms with van der Waals surface area (Å²) in [5.74, 6) is 1.54. The van der Waals surface area contributed by atoms with Crippen molar-refractivity contribution in [3.8, 4) is 0 Å². The van der Waals surface area contributed by atoms with E-state index in [0.717, 1.165) is 32.1 Å². The van der Waals surface area contributed by atoms with Crippen LogP contribution in [0.15, 0.2) is 22.5 Å². The number of likely N-dealkylation sites (N-methyl/N-ethyl adjacent to an activating group) is 1. The molecule has 26 heavy (non-hydrogen) atoms. The van der Waals surface area contributed by atoms with Crippen molar-refractivity contribution in [1.82, 2.24) is 20.4 Å². The molecule has 1 aliphatic heterocycles. The molecule has 1 unspecified atom stereocenters. The van der Waals surface area contributed by atoms with Crippen LogP contribution in [-0.2, 0) is 5.41 Å². The van der Waals surface area contributed by atoms with Crippen LogP contribution in [0.5, 0.6) is 0 Å². The first kappa shape index (κ1) is 21.2. The molecule has 1 atom stereocenters. The number of nitrogens with zero attached hydrogens (tertiary/aromatic N) is 3. The molecule has 148 valence electrons. The highest BCUT2D eigenvalue weighted by molar-refractivity contribution is 7.10. The highest BCUT2D eigenvalue weighted by Gasteiger charge is 2.21. The maximum absolute atomic E-state index is 4.85. The van der Waals surface area contributed by atoms with Gasteiger partial charge in [0.05, 0.1) is 6.54 Å². The average molecular weight is 380 g/mol. The quantitative estimate of drug-likeness (QED) is 0.538. The van der Waals surface area contributed by atoms with Crippen molar-refractivity contribution in [2.75, 3.05) is 59.4 Å². The van der Waals surface area contributed by atoms with Crippen LogP contribution in [0.1, 0.15) is 32.6 Å². The van der Waals surface area contributed by atoms with E-state index in [1.807, 2.05) is 11.3 Å². The van der Waals surface area contributed by atoms with E-state index >= 15 is 0 Å². The van der Waals surface area contributed by atoms with Crippen LogP contribution in [-0.4, -0.2) is 75.2 Å². The van der Waals surface area contributed by atoms with Gasteiger partial charge in [-0.2, -0.15) is 0 Å². The number of guanidine groups is 1. The lowest BCUT2D eigenvalue weighted by atomic mass is 9.92. The topological polar surface area (TPSA) is 42.9 Å². The van der Waals surface area contributed by atoms with Crippen molar-refractivity contribution in [3.63, 3.8) is 0 Å². The van der Waals surface area contributed by atoms with E-state index < -0.39 is 0 Å². The first-order chi connectivity index (χ1) is 12.4. The number of hydrogen-bond donors (Lipinski definition) is 2. The predicted molar refractivity (Wildman–Crippen MR) is 114 cm³/mol. The number of rotatable bonds is 8. The fourth-order valence-electron chi connectivity index (χ4n) is 3.17. The van der Waals surface area contributed by atoms with Crippen LogP contribution in [0.4, 0.5) is 0 Å². The minimum absolute atomic E-state index is 0.0714. The van der Waals surface area contributed by atoms with Gasteiger partial charge in [0, 0.05) is 56.1 Å². The summed E-state index contributed by atoms with van der Waals surface area (Å²) in [5, 5.41) is 9.07. The third-order valence-corrected chi connectivity index (χ3v) is 6.18. The van der Waals surface area contributed by atoms with E-state index in [2.05, 4.69) is 72.7 Å². The lowest BCUT2D eigenvalue weighted by Crippen LogP contribution is -2.47. The lowest BCUT2D eigenvalue weighted by Gasteiger charge is -2.34. The highest BCUT2D eigenvalue weighted by atomic mass is 32.1. The molecule has 1 aromatic heterocycles. The van der Waals surface area contributed by atoms with Gasteiger partial charge in [-0.15, -0.1) is 11.3 Å². The first-order valence-electron chi connectivity index (χ1n) is 9.87. The molecule has 0 amide bonds. The number of hydrogen-bond acceptors (Lipinski definition) is 4. The summed E-state index contributed by atoms with van der Waals surface area (Å²) in [4.78, 5) is 11.2. The fourth-order valence-corrected chi connectivity index (χ4v) is 4.01. The van der Waals surface area contributed by atoms with E-state index in [4.69, 9.17) is 4.99 Å². The van der Waals surface area contributed by atoms with Gasteiger partial charge in [0.1, 0.15) is 0 Å². The van der Waals surface area contributed by atoms with Gasteiger partial charge in [0.25, 0.3) is 0 Å². The van der Waals surface area contributed by atoms with Gasteiger partial charge in [-0.25, -0.2) is 0 Å². The molecule has 1 saturated heterocycles. The SMILES string of the molecule is CCNC(=NCC(C)(C)c1cccs1)NCC(C)CN1CCN(C)CC1. The Morgan fingerprint density at radius 3 is 2.62 bits per heavy atom. The largest absolute Gasteiger partial charge is 0.357 e. The van der Waals surface area contributed by atoms with Crippen LogP contribution in [0, 0.1) is 5.92 Å². The molecule has 2 N–H and O–H groups in total. The standard InChI is InChI=1S/C20H37N5S/c1-6-21-19(23-16-20(3,4)18-8-7-13-26-18)22-14-17(2)15-25-11-9-24(5)10-12-25/h7-8,13,17H,6,9-12,14-16H2,1-5H3,(H2,21,22,23). The molecule has 0 aromatic carbocycles. The van der Waals surface area contributed by atoms with Gasteiger partial charge in [-0.1, -0.05) is 26.8 Å². The minimum Gasteiger partial charge on any atom is -0.357 e. The zero-order chi connectivity index (χ0) is 19.0. The Hall–Kier alpha value is -1.11. The van der Waals surface area contributed by atoms with Crippen molar-refractivity contribution in [2.24, 2.45) is 10.9 Å². The molecular weight excluding hydrogens is 342 g/mol. The Bertz CT molecular complexity index is 532. The molecule has 0 aliphatic carbocycles. The lowest BCUT2D eigenvalue weighted by molar-refractivity contribution is 0.139. The van der Waals surface area contributed by atoms with Gasteiger partial charge in [-0.05, 0) is 31.3 Å². The Balaban J connectivity index is 1.81. The number of thiophene rings is 1. The Morgan fingerprint density at radius 1 is 1.27 bits per heavy atom. The maximum Gasteiger partial charge on any atom is 0.191 e. The van der Waals surface area contributed by atoms with E-state index in [0.29, 0.717) is 5.92 Å². The van der Waals surface area contributed by atoms with Crippen molar-refractivity contribution in [1.29, 1.82) is 0 Å². The molecule has 6 heteroatoms. The molecule has 0 radical (unpaired) electrons. The molecule has 1 aromatic rings. The van der Waals surface area contributed by atoms with E-state index in [1.165, 1.54) is 31.1 Å². The number of nitrogens with one attached hydrogen (secondary N) is 2. The molecule has 0 saturated carbocycles. The molecule has 1 fully saturated rings. The normalized spacial score (nSPS) is 18.7. The molecule has 2 heterocycles. The van der Waals surface area contributed by atoms with Gasteiger partial charge < -0.3 is 20.4 Å². The minimum atomic E-state index is 0.0714. The summed E-state index contributed by atoms with van der Waals surface area (Å²) in [5.41, 5.74) is 0.0714. The summed E-state index contributed by atoms with van der Waals surface area (Å²) < 4.78 is 0. The zero-order valence-electron chi connectivity index (χ0n) is 17.2. The van der Waals surface area contributed by atoms with Crippen LogP contribution in [0.3, 0.4) is 0 Å². The van der Waals surface area contributed by atoms with Crippen molar-refractivity contribution in [3.05, 3.63) is 22.4 Å². The molecular formula is C20H37N5S. The van der Waals surface area contributed by atoms with E-state index in [-0.39, 0.29) is 5.41 Å². The predicted octanol–water partition coefficient (Wildman–Crippen LogP) is 2.46. The zero-order valence-corrected chi connectivity index (χ0v) is 18.0. The van der Waals surface area contributed by atoms with E-state index in [9.17, 15) is 0 Å². The maximum atomic E-state index is 4.85. The monoisotopic (exact) mass is 379 g/mol. The number of aliphatic imine (C=N–C) groups is 1. The molecule has 1 aliphatic rings. The van der Waals surface area contributed by atoms with Gasteiger partial charge in [0.2, 0.25) is 0 Å². The van der Waals surface area contributed by atoms with Crippen LogP contribution >= 0.6 is 11.3 Å².